The van der Waals surface area contributed by atoms with Crippen LogP contribution >= 0.6 is 0 Å². The predicted molar refractivity (Wildman–Crippen MR) is 70.4 cm³/mol. The quantitative estimate of drug-likeness (QED) is 0.608. The summed E-state index contributed by atoms with van der Waals surface area (Å²) in [4.78, 5) is 10.9. The van der Waals surface area contributed by atoms with Crippen molar-refractivity contribution in [3.63, 3.8) is 0 Å². The molecule has 0 amide bonds. The molecule has 0 saturated carbocycles. The van der Waals surface area contributed by atoms with E-state index < -0.39 is 0 Å². The lowest BCUT2D eigenvalue weighted by Crippen LogP contribution is -2.30. The molecule has 0 bridgehead atoms. The molecule has 1 aromatic carbocycles. The van der Waals surface area contributed by atoms with E-state index in [4.69, 9.17) is 0 Å². The summed E-state index contributed by atoms with van der Waals surface area (Å²) >= 11 is 0. The summed E-state index contributed by atoms with van der Waals surface area (Å²) in [5, 5.41) is 4.79. The van der Waals surface area contributed by atoms with Crippen molar-refractivity contribution in [2.75, 3.05) is 6.54 Å². The van der Waals surface area contributed by atoms with Gasteiger partial charge in [0.15, 0.2) is 0 Å². The van der Waals surface area contributed by atoms with Gasteiger partial charge in [-0.2, -0.15) is 0 Å². The van der Waals surface area contributed by atoms with E-state index in [0.29, 0.717) is 0 Å². The Kier molecular flexibility index (Phi) is 2.04. The van der Waals surface area contributed by atoms with Crippen molar-refractivity contribution in [3.8, 4) is 0 Å². The molecule has 0 aliphatic carbocycles. The van der Waals surface area contributed by atoms with Crippen LogP contribution in [0.2, 0.25) is 0 Å². The lowest BCUT2D eigenvalue weighted by Gasteiger charge is -2.23. The van der Waals surface area contributed by atoms with Crippen molar-refractivity contribution >= 4 is 10.9 Å². The highest BCUT2D eigenvalue weighted by Gasteiger charge is 2.23. The van der Waals surface area contributed by atoms with Gasteiger partial charge in [0.25, 0.3) is 0 Å². The maximum atomic E-state index is 4.46. The lowest BCUT2D eigenvalue weighted by atomic mass is 9.97. The van der Waals surface area contributed by atoms with Crippen molar-refractivity contribution < 1.29 is 0 Å². The van der Waals surface area contributed by atoms with E-state index in [0.717, 1.165) is 18.7 Å². The number of aromatic amines is 2. The first-order valence-corrected chi connectivity index (χ1v) is 6.24. The Balaban J connectivity index is 1.84. The topological polar surface area (TPSA) is 56.5 Å². The zero-order valence-electron chi connectivity index (χ0n) is 9.90. The molecule has 18 heavy (non-hydrogen) atoms. The molecule has 0 radical (unpaired) electrons. The van der Waals surface area contributed by atoms with Gasteiger partial charge in [-0.05, 0) is 29.1 Å². The summed E-state index contributed by atoms with van der Waals surface area (Å²) in [7, 11) is 0. The maximum Gasteiger partial charge on any atom is 0.0926 e. The Morgan fingerprint density at radius 2 is 2.17 bits per heavy atom. The van der Waals surface area contributed by atoms with Crippen molar-refractivity contribution in [3.05, 3.63) is 53.7 Å². The smallest absolute Gasteiger partial charge is 0.0926 e. The molecule has 4 heteroatoms. The third-order valence-corrected chi connectivity index (χ3v) is 3.66. The molecule has 3 aromatic rings. The second-order valence-corrected chi connectivity index (χ2v) is 4.73. The van der Waals surface area contributed by atoms with Gasteiger partial charge in [0.1, 0.15) is 0 Å². The van der Waals surface area contributed by atoms with Crippen LogP contribution in [0.25, 0.3) is 10.9 Å². The van der Waals surface area contributed by atoms with Crippen LogP contribution in [-0.4, -0.2) is 21.5 Å². The van der Waals surface area contributed by atoms with Gasteiger partial charge in [-0.3, -0.25) is 0 Å². The van der Waals surface area contributed by atoms with Crippen LogP contribution in [0, 0.1) is 0 Å². The first-order chi connectivity index (χ1) is 8.92. The number of fused-ring (bicyclic) bond motifs is 2. The molecule has 1 atom stereocenters. The van der Waals surface area contributed by atoms with Gasteiger partial charge in [-0.1, -0.05) is 6.07 Å². The van der Waals surface area contributed by atoms with Gasteiger partial charge >= 0.3 is 0 Å². The van der Waals surface area contributed by atoms with Crippen LogP contribution in [0.15, 0.2) is 36.8 Å². The molecule has 0 spiro atoms. The van der Waals surface area contributed by atoms with Gasteiger partial charge < -0.3 is 15.3 Å². The zero-order chi connectivity index (χ0) is 11.9. The van der Waals surface area contributed by atoms with Crippen LogP contribution in [0.5, 0.6) is 0 Å². The molecule has 0 fully saturated rings. The highest BCUT2D eigenvalue weighted by Crippen LogP contribution is 2.28. The van der Waals surface area contributed by atoms with Crippen molar-refractivity contribution in [2.45, 2.75) is 12.5 Å². The minimum absolute atomic E-state index is 0.208. The Labute approximate surface area is 104 Å². The molecule has 1 aliphatic heterocycles. The molecule has 4 nitrogen and oxygen atoms in total. The summed E-state index contributed by atoms with van der Waals surface area (Å²) in [6, 6.07) is 8.84. The number of nitrogens with zero attached hydrogens (tertiary/aromatic N) is 1. The number of aromatic nitrogens is 3. The molecule has 3 N–H and O–H groups in total. The predicted octanol–water partition coefficient (Wildman–Crippen LogP) is 2.13. The van der Waals surface area contributed by atoms with Gasteiger partial charge in [0.05, 0.1) is 18.1 Å². The minimum Gasteiger partial charge on any atom is -0.361 e. The van der Waals surface area contributed by atoms with Crippen molar-refractivity contribution in [1.29, 1.82) is 0 Å². The molecule has 3 heterocycles. The molecule has 2 aromatic heterocycles. The largest absolute Gasteiger partial charge is 0.361 e. The minimum atomic E-state index is 0.208. The van der Waals surface area contributed by atoms with E-state index in [1.807, 2.05) is 6.20 Å². The number of benzene rings is 1. The number of hydrogen-bond acceptors (Lipinski definition) is 2. The van der Waals surface area contributed by atoms with E-state index in [1.165, 1.54) is 22.2 Å². The van der Waals surface area contributed by atoms with E-state index in [2.05, 4.69) is 44.5 Å². The fourth-order valence-corrected chi connectivity index (χ4v) is 2.75. The first-order valence-electron chi connectivity index (χ1n) is 6.24. The van der Waals surface area contributed by atoms with E-state index in [1.54, 1.807) is 6.33 Å². The van der Waals surface area contributed by atoms with Crippen LogP contribution in [0.4, 0.5) is 0 Å². The Bertz CT molecular complexity index is 694. The van der Waals surface area contributed by atoms with Crippen molar-refractivity contribution in [1.82, 2.24) is 20.3 Å². The van der Waals surface area contributed by atoms with Crippen LogP contribution < -0.4 is 5.32 Å². The average Bonchev–Trinajstić information content (AvgIpc) is 3.05. The summed E-state index contributed by atoms with van der Waals surface area (Å²) in [5.41, 5.74) is 4.84. The van der Waals surface area contributed by atoms with Gasteiger partial charge in [-0.25, -0.2) is 4.98 Å². The van der Waals surface area contributed by atoms with Crippen molar-refractivity contribution in [2.24, 2.45) is 0 Å². The van der Waals surface area contributed by atoms with E-state index >= 15 is 0 Å². The highest BCUT2D eigenvalue weighted by atomic mass is 15.0. The summed E-state index contributed by atoms with van der Waals surface area (Å²) in [6.45, 7) is 0.991. The maximum absolute atomic E-state index is 4.46. The van der Waals surface area contributed by atoms with Gasteiger partial charge in [0.2, 0.25) is 0 Å². The number of rotatable bonds is 1. The number of imidazole rings is 1. The molecule has 1 unspecified atom stereocenters. The van der Waals surface area contributed by atoms with Crippen LogP contribution in [-0.2, 0) is 6.42 Å². The number of H-pyrrole nitrogens is 2. The SMILES string of the molecule is c1nc2c([nH]1)CCNC2c1ccc2[nH]ccc2c1. The summed E-state index contributed by atoms with van der Waals surface area (Å²) in [5.74, 6) is 0. The van der Waals surface area contributed by atoms with E-state index in [9.17, 15) is 0 Å². The molecule has 4 rings (SSSR count). The lowest BCUT2D eigenvalue weighted by molar-refractivity contribution is 0.554. The number of hydrogen-bond donors (Lipinski definition) is 3. The third-order valence-electron chi connectivity index (χ3n) is 3.66. The van der Waals surface area contributed by atoms with Crippen LogP contribution in [0.1, 0.15) is 23.0 Å². The Morgan fingerprint density at radius 3 is 3.17 bits per heavy atom. The Morgan fingerprint density at radius 1 is 1.17 bits per heavy atom. The first kappa shape index (κ1) is 9.91. The fourth-order valence-electron chi connectivity index (χ4n) is 2.75. The van der Waals surface area contributed by atoms with Gasteiger partial charge in [0, 0.05) is 30.4 Å². The second kappa shape index (κ2) is 3.71. The normalized spacial score (nSPS) is 19.0. The zero-order valence-corrected chi connectivity index (χ0v) is 9.90. The molecule has 1 aliphatic rings. The molecule has 0 saturated heterocycles. The summed E-state index contributed by atoms with van der Waals surface area (Å²) < 4.78 is 0. The Hall–Kier alpha value is -2.07. The summed E-state index contributed by atoms with van der Waals surface area (Å²) in [6.07, 6.45) is 4.79. The second-order valence-electron chi connectivity index (χ2n) is 4.73. The molecule has 90 valence electrons. The van der Waals surface area contributed by atoms with Crippen LogP contribution in [0.3, 0.4) is 0 Å². The third kappa shape index (κ3) is 1.39. The molecular formula is C14H14N4. The monoisotopic (exact) mass is 238 g/mol. The standard InChI is InChI=1S/C14H14N4/c1-2-11-9(3-5-15-11)7-10(1)13-14-12(4-6-16-13)17-8-18-14/h1-3,5,7-8,13,15-16H,4,6H2,(H,17,18). The average molecular weight is 238 g/mol. The highest BCUT2D eigenvalue weighted by molar-refractivity contribution is 5.80. The number of nitrogens with one attached hydrogen (secondary N) is 3. The molecular weight excluding hydrogens is 224 g/mol. The fraction of sp³-hybridized carbons (Fsp3) is 0.214. The van der Waals surface area contributed by atoms with E-state index in [-0.39, 0.29) is 6.04 Å². The van der Waals surface area contributed by atoms with Gasteiger partial charge in [-0.15, -0.1) is 0 Å².